The van der Waals surface area contributed by atoms with Crippen molar-refractivity contribution in [3.63, 3.8) is 0 Å². The van der Waals surface area contributed by atoms with Crippen LogP contribution in [0.2, 0.25) is 0 Å². The van der Waals surface area contributed by atoms with Crippen LogP contribution in [-0.2, 0) is 0 Å². The van der Waals surface area contributed by atoms with E-state index in [1.165, 1.54) is 18.2 Å². The molecule has 0 aliphatic heterocycles. The van der Waals surface area contributed by atoms with E-state index in [0.29, 0.717) is 6.42 Å². The Morgan fingerprint density at radius 1 is 1.60 bits per heavy atom. The van der Waals surface area contributed by atoms with Crippen molar-refractivity contribution in [1.29, 1.82) is 0 Å². The standard InChI is InChI=1S/C9H12N2O4/c1-2-9(13)10-7-5-6(11(14)15)3-4-8(7)12/h3-5,9-10,12-13H,2H2,1H3/t9-/m0/s1. The summed E-state index contributed by atoms with van der Waals surface area (Å²) in [5, 5.41) is 31.6. The Morgan fingerprint density at radius 3 is 2.80 bits per heavy atom. The monoisotopic (exact) mass is 212 g/mol. The van der Waals surface area contributed by atoms with Gasteiger partial charge in [-0.15, -0.1) is 0 Å². The highest BCUT2D eigenvalue weighted by Crippen LogP contribution is 2.28. The van der Waals surface area contributed by atoms with Crippen molar-refractivity contribution in [1.82, 2.24) is 0 Å². The number of aliphatic hydroxyl groups is 1. The van der Waals surface area contributed by atoms with E-state index < -0.39 is 11.2 Å². The lowest BCUT2D eigenvalue weighted by molar-refractivity contribution is -0.384. The highest BCUT2D eigenvalue weighted by molar-refractivity contribution is 5.60. The van der Waals surface area contributed by atoms with Crippen molar-refractivity contribution in [2.45, 2.75) is 19.6 Å². The van der Waals surface area contributed by atoms with Gasteiger partial charge in [0.15, 0.2) is 0 Å². The lowest BCUT2D eigenvalue weighted by atomic mass is 10.2. The topological polar surface area (TPSA) is 95.6 Å². The number of nitrogens with one attached hydrogen (secondary N) is 1. The van der Waals surface area contributed by atoms with Gasteiger partial charge in [-0.1, -0.05) is 6.92 Å². The maximum Gasteiger partial charge on any atom is 0.271 e. The van der Waals surface area contributed by atoms with E-state index in [9.17, 15) is 20.3 Å². The number of non-ortho nitro benzene ring substituents is 1. The molecule has 6 heteroatoms. The summed E-state index contributed by atoms with van der Waals surface area (Å²) < 4.78 is 0. The molecule has 1 rings (SSSR count). The van der Waals surface area contributed by atoms with Crippen LogP contribution >= 0.6 is 0 Å². The van der Waals surface area contributed by atoms with Crippen molar-refractivity contribution in [2.24, 2.45) is 0 Å². The average molecular weight is 212 g/mol. The van der Waals surface area contributed by atoms with Gasteiger partial charge in [-0.2, -0.15) is 0 Å². The molecule has 82 valence electrons. The third-order valence-electron chi connectivity index (χ3n) is 1.90. The van der Waals surface area contributed by atoms with Crippen molar-refractivity contribution in [3.05, 3.63) is 28.3 Å². The molecule has 0 bridgehead atoms. The number of anilines is 1. The van der Waals surface area contributed by atoms with Gasteiger partial charge in [0.25, 0.3) is 5.69 Å². The molecule has 0 aliphatic carbocycles. The molecule has 1 aromatic carbocycles. The SMILES string of the molecule is CC[C@H](O)Nc1cc([N+](=O)[O-])ccc1O. The summed E-state index contributed by atoms with van der Waals surface area (Å²) in [6, 6.07) is 3.58. The van der Waals surface area contributed by atoms with Crippen LogP contribution in [0.4, 0.5) is 11.4 Å². The Morgan fingerprint density at radius 2 is 2.27 bits per heavy atom. The second kappa shape index (κ2) is 4.61. The fourth-order valence-electron chi connectivity index (χ4n) is 1.03. The summed E-state index contributed by atoms with van der Waals surface area (Å²) in [4.78, 5) is 9.89. The molecule has 0 aromatic heterocycles. The van der Waals surface area contributed by atoms with Gasteiger partial charge in [0.1, 0.15) is 12.0 Å². The van der Waals surface area contributed by atoms with Gasteiger partial charge in [0.2, 0.25) is 0 Å². The third-order valence-corrected chi connectivity index (χ3v) is 1.90. The van der Waals surface area contributed by atoms with E-state index in [-0.39, 0.29) is 17.1 Å². The van der Waals surface area contributed by atoms with Gasteiger partial charge < -0.3 is 15.5 Å². The molecule has 6 nitrogen and oxygen atoms in total. The van der Waals surface area contributed by atoms with Crippen LogP contribution in [0.1, 0.15) is 13.3 Å². The number of nitro benzene ring substituents is 1. The minimum atomic E-state index is -0.835. The summed E-state index contributed by atoms with van der Waals surface area (Å²) in [5.74, 6) is -0.131. The summed E-state index contributed by atoms with van der Waals surface area (Å²) in [6.07, 6.45) is -0.403. The Labute approximate surface area is 86.3 Å². The summed E-state index contributed by atoms with van der Waals surface area (Å²) in [5.41, 5.74) is 0.0113. The number of aliphatic hydroxyl groups excluding tert-OH is 1. The number of phenols is 1. The molecule has 3 N–H and O–H groups in total. The Hall–Kier alpha value is -1.82. The number of aromatic hydroxyl groups is 1. The van der Waals surface area contributed by atoms with Crippen molar-refractivity contribution in [3.8, 4) is 5.75 Å². The van der Waals surface area contributed by atoms with E-state index in [1.54, 1.807) is 6.92 Å². The second-order valence-electron chi connectivity index (χ2n) is 3.03. The Kier molecular flexibility index (Phi) is 3.46. The average Bonchev–Trinajstić information content (AvgIpc) is 2.20. The number of nitro groups is 1. The zero-order chi connectivity index (χ0) is 11.4. The van der Waals surface area contributed by atoms with E-state index >= 15 is 0 Å². The van der Waals surface area contributed by atoms with Crippen LogP contribution < -0.4 is 5.32 Å². The van der Waals surface area contributed by atoms with Crippen molar-refractivity contribution >= 4 is 11.4 Å². The van der Waals surface area contributed by atoms with Crippen LogP contribution in [0.5, 0.6) is 5.75 Å². The first-order valence-corrected chi connectivity index (χ1v) is 4.46. The number of nitrogens with zero attached hydrogens (tertiary/aromatic N) is 1. The van der Waals surface area contributed by atoms with Gasteiger partial charge in [-0.25, -0.2) is 0 Å². The fourth-order valence-corrected chi connectivity index (χ4v) is 1.03. The minimum Gasteiger partial charge on any atom is -0.506 e. The van der Waals surface area contributed by atoms with Gasteiger partial charge in [0, 0.05) is 12.1 Å². The van der Waals surface area contributed by atoms with E-state index in [2.05, 4.69) is 5.32 Å². The van der Waals surface area contributed by atoms with Gasteiger partial charge in [0.05, 0.1) is 10.6 Å². The lowest BCUT2D eigenvalue weighted by Crippen LogP contribution is -2.17. The van der Waals surface area contributed by atoms with Crippen LogP contribution in [-0.4, -0.2) is 21.4 Å². The summed E-state index contributed by atoms with van der Waals surface area (Å²) >= 11 is 0. The van der Waals surface area contributed by atoms with Crippen LogP contribution in [0, 0.1) is 10.1 Å². The Bertz CT molecular complexity index is 367. The van der Waals surface area contributed by atoms with Crippen molar-refractivity contribution in [2.75, 3.05) is 5.32 Å². The first kappa shape index (κ1) is 11.3. The van der Waals surface area contributed by atoms with E-state index in [0.717, 1.165) is 0 Å². The zero-order valence-electron chi connectivity index (χ0n) is 8.17. The number of benzene rings is 1. The number of hydrogen-bond acceptors (Lipinski definition) is 5. The second-order valence-corrected chi connectivity index (χ2v) is 3.03. The Balaban J connectivity index is 2.95. The van der Waals surface area contributed by atoms with E-state index in [1.807, 2.05) is 0 Å². The lowest BCUT2D eigenvalue weighted by Gasteiger charge is -2.12. The molecule has 1 aromatic rings. The van der Waals surface area contributed by atoms with E-state index in [4.69, 9.17) is 0 Å². The van der Waals surface area contributed by atoms with Crippen molar-refractivity contribution < 1.29 is 15.1 Å². The number of rotatable bonds is 4. The quantitative estimate of drug-likeness (QED) is 0.304. The molecule has 0 radical (unpaired) electrons. The largest absolute Gasteiger partial charge is 0.506 e. The molecule has 1 atom stereocenters. The normalized spacial score (nSPS) is 12.1. The predicted octanol–water partition coefficient (Wildman–Crippen LogP) is 1.44. The summed E-state index contributed by atoms with van der Waals surface area (Å²) in [7, 11) is 0. The molecule has 0 heterocycles. The van der Waals surface area contributed by atoms with Gasteiger partial charge >= 0.3 is 0 Å². The molecule has 0 saturated carbocycles. The minimum absolute atomic E-state index is 0.131. The number of hydrogen-bond donors (Lipinski definition) is 3. The smallest absolute Gasteiger partial charge is 0.271 e. The van der Waals surface area contributed by atoms with Crippen LogP contribution in [0.3, 0.4) is 0 Å². The maximum absolute atomic E-state index is 10.5. The molecule has 0 unspecified atom stereocenters. The molecular formula is C9H12N2O4. The molecule has 0 fully saturated rings. The molecular weight excluding hydrogens is 200 g/mol. The third kappa shape index (κ3) is 2.81. The molecule has 0 amide bonds. The first-order chi connectivity index (χ1) is 7.04. The maximum atomic E-state index is 10.5. The number of phenolic OH excluding ortho intramolecular Hbond substituents is 1. The zero-order valence-corrected chi connectivity index (χ0v) is 8.17. The van der Waals surface area contributed by atoms with Gasteiger partial charge in [-0.05, 0) is 12.5 Å². The first-order valence-electron chi connectivity index (χ1n) is 4.46. The van der Waals surface area contributed by atoms with Crippen LogP contribution in [0.25, 0.3) is 0 Å². The van der Waals surface area contributed by atoms with Crippen LogP contribution in [0.15, 0.2) is 18.2 Å². The molecule has 15 heavy (non-hydrogen) atoms. The van der Waals surface area contributed by atoms with Gasteiger partial charge in [-0.3, -0.25) is 10.1 Å². The highest BCUT2D eigenvalue weighted by atomic mass is 16.6. The molecule has 0 spiro atoms. The summed E-state index contributed by atoms with van der Waals surface area (Å²) in [6.45, 7) is 1.74. The molecule has 0 saturated heterocycles. The predicted molar refractivity (Wildman–Crippen MR) is 54.7 cm³/mol. The fraction of sp³-hybridized carbons (Fsp3) is 0.333. The molecule has 0 aliphatic rings. The highest BCUT2D eigenvalue weighted by Gasteiger charge is 2.11.